The molecule has 16 heavy (non-hydrogen) atoms. The Morgan fingerprint density at radius 2 is 1.88 bits per heavy atom. The van der Waals surface area contributed by atoms with Crippen LogP contribution >= 0.6 is 0 Å². The molecule has 1 aromatic rings. The lowest BCUT2D eigenvalue weighted by Crippen LogP contribution is -2.33. The van der Waals surface area contributed by atoms with Crippen molar-refractivity contribution >= 4 is 17.7 Å². The topological polar surface area (TPSA) is 89.9 Å². The number of urea groups is 1. The molecule has 1 aromatic carbocycles. The number of carboxylic acids is 1. The summed E-state index contributed by atoms with van der Waals surface area (Å²) < 4.78 is 0. The van der Waals surface area contributed by atoms with Gasteiger partial charge in [-0.3, -0.25) is 10.0 Å². The van der Waals surface area contributed by atoms with Crippen LogP contribution in [0.3, 0.4) is 0 Å². The molecule has 0 unspecified atom stereocenters. The minimum absolute atomic E-state index is 0.256. The molecule has 0 fully saturated rings. The van der Waals surface area contributed by atoms with Crippen LogP contribution < -0.4 is 5.32 Å². The van der Waals surface area contributed by atoms with E-state index in [1.54, 1.807) is 30.3 Å². The summed E-state index contributed by atoms with van der Waals surface area (Å²) >= 11 is 0. The van der Waals surface area contributed by atoms with Crippen molar-refractivity contribution in [2.45, 2.75) is 6.42 Å². The average molecular weight is 224 g/mol. The Hall–Kier alpha value is -2.08. The van der Waals surface area contributed by atoms with E-state index in [0.717, 1.165) is 0 Å². The van der Waals surface area contributed by atoms with E-state index in [1.165, 1.54) is 0 Å². The fourth-order valence-corrected chi connectivity index (χ4v) is 1.01. The third-order valence-electron chi connectivity index (χ3n) is 1.80. The van der Waals surface area contributed by atoms with E-state index in [1.807, 2.05) is 0 Å². The van der Waals surface area contributed by atoms with E-state index < -0.39 is 12.0 Å². The highest BCUT2D eigenvalue weighted by Crippen LogP contribution is 2.05. The number of carbonyl (C=O) groups excluding carboxylic acids is 1. The maximum Gasteiger partial charge on any atom is 0.345 e. The van der Waals surface area contributed by atoms with E-state index >= 15 is 0 Å². The fraction of sp³-hybridized carbons (Fsp3) is 0.200. The summed E-state index contributed by atoms with van der Waals surface area (Å²) in [5.41, 5.74) is 0.530. The van der Waals surface area contributed by atoms with Gasteiger partial charge in [0.1, 0.15) is 0 Å². The van der Waals surface area contributed by atoms with Crippen LogP contribution in [-0.4, -0.2) is 33.9 Å². The quantitative estimate of drug-likeness (QED) is 0.532. The van der Waals surface area contributed by atoms with Crippen molar-refractivity contribution in [3.63, 3.8) is 0 Å². The molecular weight excluding hydrogens is 212 g/mol. The van der Waals surface area contributed by atoms with E-state index in [4.69, 9.17) is 5.11 Å². The summed E-state index contributed by atoms with van der Waals surface area (Å²) in [5, 5.41) is 20.3. The molecule has 3 N–H and O–H groups in total. The number of rotatable bonds is 4. The number of benzene rings is 1. The molecular formula is C10H12N2O4. The fourth-order valence-electron chi connectivity index (χ4n) is 1.01. The molecule has 0 radical (unpaired) electrons. The number of hydrogen-bond acceptors (Lipinski definition) is 3. The van der Waals surface area contributed by atoms with Crippen LogP contribution in [0.4, 0.5) is 10.5 Å². The number of anilines is 1. The minimum atomic E-state index is -1.08. The Morgan fingerprint density at radius 3 is 2.44 bits per heavy atom. The van der Waals surface area contributed by atoms with Gasteiger partial charge in [-0.25, -0.2) is 9.86 Å². The molecule has 6 heteroatoms. The van der Waals surface area contributed by atoms with Gasteiger partial charge in [0.25, 0.3) is 0 Å². The van der Waals surface area contributed by atoms with E-state index in [-0.39, 0.29) is 13.0 Å². The number of aliphatic carboxylic acids is 1. The predicted octanol–water partition coefficient (Wildman–Crippen LogP) is 1.38. The van der Waals surface area contributed by atoms with Gasteiger partial charge in [-0.1, -0.05) is 18.2 Å². The van der Waals surface area contributed by atoms with Crippen LogP contribution in [-0.2, 0) is 4.79 Å². The van der Waals surface area contributed by atoms with E-state index in [0.29, 0.717) is 10.8 Å². The van der Waals surface area contributed by atoms with Crippen molar-refractivity contribution in [3.05, 3.63) is 30.3 Å². The van der Waals surface area contributed by atoms with E-state index in [9.17, 15) is 14.8 Å². The first kappa shape index (κ1) is 12.0. The highest BCUT2D eigenvalue weighted by Gasteiger charge is 2.11. The van der Waals surface area contributed by atoms with Gasteiger partial charge in [0.05, 0.1) is 13.0 Å². The molecule has 0 aliphatic rings. The molecule has 0 atom stereocenters. The van der Waals surface area contributed by atoms with Crippen molar-refractivity contribution in [2.24, 2.45) is 0 Å². The lowest BCUT2D eigenvalue weighted by molar-refractivity contribution is -0.139. The largest absolute Gasteiger partial charge is 0.481 e. The standard InChI is InChI=1S/C10H12N2O4/c13-9(14)6-7-12(16)10(15)11-8-4-2-1-3-5-8/h1-5,16H,6-7H2,(H,11,15)(H,13,14). The van der Waals surface area contributed by atoms with Crippen LogP contribution in [0.2, 0.25) is 0 Å². The Kier molecular flexibility index (Phi) is 4.28. The molecule has 0 aliphatic carbocycles. The summed E-state index contributed by atoms with van der Waals surface area (Å²) in [4.78, 5) is 21.5. The number of hydrogen-bond donors (Lipinski definition) is 3. The van der Waals surface area contributed by atoms with Crippen molar-refractivity contribution in [2.75, 3.05) is 11.9 Å². The van der Waals surface area contributed by atoms with Crippen LogP contribution in [0.15, 0.2) is 30.3 Å². The van der Waals surface area contributed by atoms with Crippen molar-refractivity contribution in [1.29, 1.82) is 0 Å². The maximum atomic E-state index is 11.3. The van der Waals surface area contributed by atoms with Gasteiger partial charge < -0.3 is 10.4 Å². The van der Waals surface area contributed by atoms with E-state index in [2.05, 4.69) is 5.32 Å². The van der Waals surface area contributed by atoms with Gasteiger partial charge >= 0.3 is 12.0 Å². The van der Waals surface area contributed by atoms with Gasteiger partial charge in [-0.15, -0.1) is 0 Å². The van der Waals surface area contributed by atoms with Crippen molar-refractivity contribution in [1.82, 2.24) is 5.06 Å². The highest BCUT2D eigenvalue weighted by molar-refractivity contribution is 5.88. The molecule has 0 spiro atoms. The average Bonchev–Trinajstić information content (AvgIpc) is 2.27. The van der Waals surface area contributed by atoms with Gasteiger partial charge in [0.15, 0.2) is 0 Å². The zero-order valence-electron chi connectivity index (χ0n) is 8.46. The molecule has 0 saturated heterocycles. The van der Waals surface area contributed by atoms with Crippen LogP contribution in [0.25, 0.3) is 0 Å². The lowest BCUT2D eigenvalue weighted by Gasteiger charge is -2.14. The summed E-state index contributed by atoms with van der Waals surface area (Å²) in [7, 11) is 0. The summed E-state index contributed by atoms with van der Waals surface area (Å²) in [6, 6.07) is 7.80. The Bertz CT molecular complexity index is 366. The number of carboxylic acid groups (broad SMARTS) is 1. The maximum absolute atomic E-state index is 11.3. The van der Waals surface area contributed by atoms with Gasteiger partial charge in [0, 0.05) is 5.69 Å². The molecule has 0 aromatic heterocycles. The zero-order valence-corrected chi connectivity index (χ0v) is 8.46. The van der Waals surface area contributed by atoms with Crippen molar-refractivity contribution < 1.29 is 19.9 Å². The van der Waals surface area contributed by atoms with Gasteiger partial charge in [0.2, 0.25) is 0 Å². The lowest BCUT2D eigenvalue weighted by atomic mass is 10.3. The Morgan fingerprint density at radius 1 is 1.25 bits per heavy atom. The number of carbonyl (C=O) groups is 2. The molecule has 86 valence electrons. The van der Waals surface area contributed by atoms with Crippen molar-refractivity contribution in [3.8, 4) is 0 Å². The third-order valence-corrected chi connectivity index (χ3v) is 1.80. The Labute approximate surface area is 92.1 Å². The predicted molar refractivity (Wildman–Crippen MR) is 56.2 cm³/mol. The molecule has 1 rings (SSSR count). The molecule has 0 aliphatic heterocycles. The van der Waals surface area contributed by atoms with Crippen LogP contribution in [0, 0.1) is 0 Å². The van der Waals surface area contributed by atoms with Crippen LogP contribution in [0.1, 0.15) is 6.42 Å². The first-order valence-electron chi connectivity index (χ1n) is 4.64. The smallest absolute Gasteiger partial charge is 0.345 e. The zero-order chi connectivity index (χ0) is 12.0. The first-order valence-corrected chi connectivity index (χ1v) is 4.64. The van der Waals surface area contributed by atoms with Gasteiger partial charge in [-0.05, 0) is 12.1 Å². The highest BCUT2D eigenvalue weighted by atomic mass is 16.5. The second kappa shape index (κ2) is 5.72. The normalized spacial score (nSPS) is 9.56. The number of amides is 2. The molecule has 0 heterocycles. The molecule has 6 nitrogen and oxygen atoms in total. The summed E-state index contributed by atoms with van der Waals surface area (Å²) in [6.45, 7) is -0.256. The second-order valence-electron chi connectivity index (χ2n) is 3.06. The SMILES string of the molecule is O=C(O)CCN(O)C(=O)Nc1ccccc1. The third kappa shape index (κ3) is 3.97. The monoisotopic (exact) mass is 224 g/mol. The molecule has 0 bridgehead atoms. The number of nitrogens with one attached hydrogen (secondary N) is 1. The number of nitrogens with zero attached hydrogens (tertiary/aromatic N) is 1. The van der Waals surface area contributed by atoms with Crippen LogP contribution in [0.5, 0.6) is 0 Å². The van der Waals surface area contributed by atoms with Gasteiger partial charge in [-0.2, -0.15) is 0 Å². The summed E-state index contributed by atoms with van der Waals surface area (Å²) in [5.74, 6) is -1.08. The molecule has 0 saturated carbocycles. The number of para-hydroxylation sites is 1. The second-order valence-corrected chi connectivity index (χ2v) is 3.06. The Balaban J connectivity index is 2.43. The summed E-state index contributed by atoms with van der Waals surface area (Å²) in [6.07, 6.45) is -0.307. The number of hydroxylamine groups is 2. The first-order chi connectivity index (χ1) is 7.59. The molecule has 2 amide bonds. The minimum Gasteiger partial charge on any atom is -0.481 e.